The fourth-order valence-electron chi connectivity index (χ4n) is 2.62. The molecule has 0 bridgehead atoms. The van der Waals surface area contributed by atoms with Crippen LogP contribution in [0.4, 0.5) is 10.1 Å². The van der Waals surface area contributed by atoms with Crippen LogP contribution in [0.2, 0.25) is 5.02 Å². The van der Waals surface area contributed by atoms with Crippen molar-refractivity contribution in [2.75, 3.05) is 5.32 Å². The molecule has 0 saturated heterocycles. The van der Waals surface area contributed by atoms with Crippen LogP contribution in [0.1, 0.15) is 26.7 Å². The van der Waals surface area contributed by atoms with Gasteiger partial charge in [0.2, 0.25) is 5.91 Å². The standard InChI is InChI=1S/C16H17ClFNO3/c1-8-5-11(12(16(21)22)6-9(8)2)15(20)19-10-3-4-14(18)13(17)7-10/h3-4,7,11-12H,5-6H2,1-2H3,(H,19,20)(H,21,22)/p-1/t11-,12+/m1/s1. The molecule has 118 valence electrons. The predicted octanol–water partition coefficient (Wildman–Crippen LogP) is 2.53. The van der Waals surface area contributed by atoms with Crippen LogP contribution in [0.3, 0.4) is 0 Å². The van der Waals surface area contributed by atoms with E-state index in [0.29, 0.717) is 18.5 Å². The molecule has 0 fully saturated rings. The molecule has 2 atom stereocenters. The Balaban J connectivity index is 2.19. The van der Waals surface area contributed by atoms with Crippen LogP contribution >= 0.6 is 11.6 Å². The molecule has 0 heterocycles. The number of benzene rings is 1. The number of carbonyl (C=O) groups is 2. The Morgan fingerprint density at radius 3 is 2.36 bits per heavy atom. The van der Waals surface area contributed by atoms with Gasteiger partial charge in [-0.3, -0.25) is 4.79 Å². The second kappa shape index (κ2) is 6.48. The van der Waals surface area contributed by atoms with Gasteiger partial charge in [0.25, 0.3) is 0 Å². The van der Waals surface area contributed by atoms with E-state index in [-0.39, 0.29) is 5.02 Å². The minimum Gasteiger partial charge on any atom is -0.550 e. The maximum Gasteiger partial charge on any atom is 0.228 e. The highest BCUT2D eigenvalue weighted by molar-refractivity contribution is 6.31. The lowest BCUT2D eigenvalue weighted by molar-refractivity contribution is -0.313. The third kappa shape index (κ3) is 3.47. The lowest BCUT2D eigenvalue weighted by Crippen LogP contribution is -2.42. The Bertz CT molecular complexity index is 657. The lowest BCUT2D eigenvalue weighted by atomic mass is 9.76. The fourth-order valence-corrected chi connectivity index (χ4v) is 2.81. The number of rotatable bonds is 3. The van der Waals surface area contributed by atoms with Crippen LogP contribution in [-0.4, -0.2) is 11.9 Å². The van der Waals surface area contributed by atoms with Crippen molar-refractivity contribution in [3.8, 4) is 0 Å². The third-order valence-electron chi connectivity index (χ3n) is 4.09. The smallest absolute Gasteiger partial charge is 0.228 e. The molecule has 1 aromatic carbocycles. The highest BCUT2D eigenvalue weighted by Gasteiger charge is 2.33. The fraction of sp³-hybridized carbons (Fsp3) is 0.375. The van der Waals surface area contributed by atoms with E-state index < -0.39 is 29.5 Å². The SMILES string of the molecule is CC1=C(C)C[C@@H](C(=O)Nc2ccc(F)c(Cl)c2)[C@@H](C(=O)[O-])C1. The summed E-state index contributed by atoms with van der Waals surface area (Å²) in [6, 6.07) is 3.81. The van der Waals surface area contributed by atoms with Crippen molar-refractivity contribution in [1.82, 2.24) is 0 Å². The first kappa shape index (κ1) is 16.5. The maximum atomic E-state index is 13.1. The minimum atomic E-state index is -1.23. The third-order valence-corrected chi connectivity index (χ3v) is 4.38. The van der Waals surface area contributed by atoms with Gasteiger partial charge in [-0.2, -0.15) is 0 Å². The maximum absolute atomic E-state index is 13.1. The number of hydrogen-bond acceptors (Lipinski definition) is 3. The summed E-state index contributed by atoms with van der Waals surface area (Å²) in [5, 5.41) is 13.8. The van der Waals surface area contributed by atoms with Gasteiger partial charge >= 0.3 is 0 Å². The predicted molar refractivity (Wildman–Crippen MR) is 79.6 cm³/mol. The molecule has 0 radical (unpaired) electrons. The molecule has 22 heavy (non-hydrogen) atoms. The highest BCUT2D eigenvalue weighted by atomic mass is 35.5. The topological polar surface area (TPSA) is 69.2 Å². The van der Waals surface area contributed by atoms with Crippen LogP contribution in [0.25, 0.3) is 0 Å². The van der Waals surface area contributed by atoms with Crippen LogP contribution in [0, 0.1) is 17.7 Å². The van der Waals surface area contributed by atoms with E-state index >= 15 is 0 Å². The van der Waals surface area contributed by atoms with Crippen LogP contribution in [0.5, 0.6) is 0 Å². The number of carboxylic acids is 1. The lowest BCUT2D eigenvalue weighted by Gasteiger charge is -2.32. The van der Waals surface area contributed by atoms with E-state index in [1.165, 1.54) is 12.1 Å². The summed E-state index contributed by atoms with van der Waals surface area (Å²) in [6.07, 6.45) is 0.668. The number of allylic oxidation sites excluding steroid dienone is 2. The summed E-state index contributed by atoms with van der Waals surface area (Å²) in [7, 11) is 0. The molecule has 4 nitrogen and oxygen atoms in total. The molecule has 0 saturated carbocycles. The van der Waals surface area contributed by atoms with Crippen molar-refractivity contribution in [3.63, 3.8) is 0 Å². The Labute approximate surface area is 133 Å². The zero-order chi connectivity index (χ0) is 16.4. The van der Waals surface area contributed by atoms with E-state index in [1.54, 1.807) is 0 Å². The molecular formula is C16H16ClFNO3-. The first-order valence-electron chi connectivity index (χ1n) is 6.91. The van der Waals surface area contributed by atoms with E-state index in [9.17, 15) is 19.1 Å². The van der Waals surface area contributed by atoms with Crippen LogP contribution < -0.4 is 10.4 Å². The summed E-state index contributed by atoms with van der Waals surface area (Å²) in [4.78, 5) is 23.7. The molecule has 0 aromatic heterocycles. The first-order chi connectivity index (χ1) is 10.3. The van der Waals surface area contributed by atoms with E-state index in [0.717, 1.165) is 17.2 Å². The summed E-state index contributed by atoms with van der Waals surface area (Å²) < 4.78 is 13.1. The van der Waals surface area contributed by atoms with Crippen LogP contribution in [-0.2, 0) is 9.59 Å². The normalized spacial score (nSPS) is 21.6. The monoisotopic (exact) mass is 324 g/mol. The Morgan fingerprint density at radius 1 is 1.23 bits per heavy atom. The second-order valence-electron chi connectivity index (χ2n) is 5.62. The average molecular weight is 325 g/mol. The van der Waals surface area contributed by atoms with E-state index in [2.05, 4.69) is 5.32 Å². The van der Waals surface area contributed by atoms with Gasteiger partial charge in [0, 0.05) is 17.6 Å². The van der Waals surface area contributed by atoms with Crippen molar-refractivity contribution < 1.29 is 19.1 Å². The van der Waals surface area contributed by atoms with Gasteiger partial charge in [-0.25, -0.2) is 4.39 Å². The van der Waals surface area contributed by atoms with Gasteiger partial charge in [-0.05, 0) is 44.9 Å². The van der Waals surface area contributed by atoms with Gasteiger partial charge in [-0.15, -0.1) is 0 Å². The number of nitrogens with one attached hydrogen (secondary N) is 1. The number of halogens is 2. The van der Waals surface area contributed by atoms with Crippen molar-refractivity contribution in [1.29, 1.82) is 0 Å². The summed E-state index contributed by atoms with van der Waals surface area (Å²) in [5.74, 6) is -3.82. The number of hydrogen-bond donors (Lipinski definition) is 1. The zero-order valence-corrected chi connectivity index (χ0v) is 13.0. The highest BCUT2D eigenvalue weighted by Crippen LogP contribution is 2.34. The van der Waals surface area contributed by atoms with Gasteiger partial charge < -0.3 is 15.2 Å². The Kier molecular flexibility index (Phi) is 4.86. The van der Waals surface area contributed by atoms with Crippen molar-refractivity contribution in [3.05, 3.63) is 40.2 Å². The molecule has 1 amide bonds. The van der Waals surface area contributed by atoms with Crippen molar-refractivity contribution in [2.24, 2.45) is 11.8 Å². The van der Waals surface area contributed by atoms with Gasteiger partial charge in [0.15, 0.2) is 0 Å². The Morgan fingerprint density at radius 2 is 1.82 bits per heavy atom. The average Bonchev–Trinajstić information content (AvgIpc) is 2.45. The van der Waals surface area contributed by atoms with Crippen molar-refractivity contribution >= 4 is 29.2 Å². The molecule has 0 unspecified atom stereocenters. The molecule has 6 heteroatoms. The molecular weight excluding hydrogens is 309 g/mol. The molecule has 2 rings (SSSR count). The van der Waals surface area contributed by atoms with E-state index in [4.69, 9.17) is 11.6 Å². The quantitative estimate of drug-likeness (QED) is 0.869. The van der Waals surface area contributed by atoms with Gasteiger partial charge in [0.05, 0.1) is 10.9 Å². The number of amides is 1. The second-order valence-corrected chi connectivity index (χ2v) is 6.03. The van der Waals surface area contributed by atoms with Crippen LogP contribution in [0.15, 0.2) is 29.3 Å². The molecule has 1 aromatic rings. The molecule has 1 aliphatic carbocycles. The zero-order valence-electron chi connectivity index (χ0n) is 12.3. The number of carbonyl (C=O) groups excluding carboxylic acids is 2. The molecule has 1 N–H and O–H groups in total. The number of anilines is 1. The summed E-state index contributed by atoms with van der Waals surface area (Å²) in [6.45, 7) is 3.75. The molecule has 0 spiro atoms. The summed E-state index contributed by atoms with van der Waals surface area (Å²) >= 11 is 5.67. The number of aliphatic carboxylic acids is 1. The largest absolute Gasteiger partial charge is 0.550 e. The van der Waals surface area contributed by atoms with Gasteiger partial charge in [-0.1, -0.05) is 22.7 Å². The molecule has 1 aliphatic rings. The molecule has 0 aliphatic heterocycles. The first-order valence-corrected chi connectivity index (χ1v) is 7.29. The summed E-state index contributed by atoms with van der Waals surface area (Å²) in [5.41, 5.74) is 2.32. The minimum absolute atomic E-state index is 0.107. The van der Waals surface area contributed by atoms with E-state index in [1.807, 2.05) is 13.8 Å². The van der Waals surface area contributed by atoms with Crippen molar-refractivity contribution in [2.45, 2.75) is 26.7 Å². The van der Waals surface area contributed by atoms with Gasteiger partial charge in [0.1, 0.15) is 5.82 Å². The number of carboxylic acid groups (broad SMARTS) is 1. The Hall–Kier alpha value is -1.88.